The number of hydrogen-bond donors (Lipinski definition) is 0. The Kier molecular flexibility index (Phi) is 6.10. The van der Waals surface area contributed by atoms with Crippen molar-refractivity contribution in [2.45, 2.75) is 45.3 Å². The number of carbonyl (C=O) groups is 1. The molecule has 0 unspecified atom stereocenters. The van der Waals surface area contributed by atoms with E-state index in [-0.39, 0.29) is 18.6 Å². The number of carbonyl (C=O) groups excluding carboxylic acids is 1. The predicted molar refractivity (Wildman–Crippen MR) is 110 cm³/mol. The first-order chi connectivity index (χ1) is 14.1. The maximum atomic E-state index is 12.6. The smallest absolute Gasteiger partial charge is 0.275 e. The molecule has 1 aliphatic heterocycles. The number of amides is 1. The highest BCUT2D eigenvalue weighted by Crippen LogP contribution is 2.26. The normalized spacial score (nSPS) is 16.8. The molecule has 1 atom stereocenters. The Morgan fingerprint density at radius 2 is 2.24 bits per heavy atom. The molecule has 1 saturated heterocycles. The van der Waals surface area contributed by atoms with Gasteiger partial charge in [-0.2, -0.15) is 0 Å². The van der Waals surface area contributed by atoms with Gasteiger partial charge in [-0.25, -0.2) is 4.98 Å². The van der Waals surface area contributed by atoms with E-state index in [1.54, 1.807) is 29.4 Å². The van der Waals surface area contributed by atoms with Gasteiger partial charge >= 0.3 is 0 Å². The number of thiazole rings is 1. The van der Waals surface area contributed by atoms with Crippen molar-refractivity contribution in [3.8, 4) is 5.75 Å². The zero-order valence-electron chi connectivity index (χ0n) is 16.7. The maximum Gasteiger partial charge on any atom is 0.275 e. The largest absolute Gasteiger partial charge is 0.485 e. The molecule has 2 aromatic heterocycles. The van der Waals surface area contributed by atoms with Gasteiger partial charge < -0.3 is 18.9 Å². The summed E-state index contributed by atoms with van der Waals surface area (Å²) >= 11 is 1.65. The van der Waals surface area contributed by atoms with Gasteiger partial charge in [0.2, 0.25) is 0 Å². The van der Waals surface area contributed by atoms with Crippen molar-refractivity contribution in [3.63, 3.8) is 0 Å². The maximum absolute atomic E-state index is 12.6. The molecule has 8 heteroatoms. The van der Waals surface area contributed by atoms with E-state index in [1.165, 1.54) is 6.42 Å². The minimum atomic E-state index is -0.157. The van der Waals surface area contributed by atoms with Gasteiger partial charge in [-0.3, -0.25) is 4.79 Å². The van der Waals surface area contributed by atoms with Gasteiger partial charge in [0.25, 0.3) is 5.91 Å². The van der Waals surface area contributed by atoms with Crippen molar-refractivity contribution in [1.29, 1.82) is 0 Å². The third kappa shape index (κ3) is 4.94. The first kappa shape index (κ1) is 19.8. The summed E-state index contributed by atoms with van der Waals surface area (Å²) in [6, 6.07) is 7.45. The van der Waals surface area contributed by atoms with Gasteiger partial charge in [0.05, 0.1) is 21.3 Å². The molecule has 1 amide bonds. The second-order valence-corrected chi connectivity index (χ2v) is 8.57. The molecule has 1 fully saturated rings. The lowest BCUT2D eigenvalue weighted by Crippen LogP contribution is -2.31. The number of fused-ring (bicyclic) bond motifs is 1. The molecule has 1 aliphatic rings. The van der Waals surface area contributed by atoms with Crippen LogP contribution in [0.15, 0.2) is 28.8 Å². The highest BCUT2D eigenvalue weighted by molar-refractivity contribution is 7.18. The standard InChI is InChI=1S/C21H25N3O4S/c1-14-22-18-11-16(6-7-20(18)29-14)27-13-17-12-19(23-28-17)21(25)24(2)9-8-15-5-3-4-10-26-15/h6-7,11-12,15H,3-5,8-10,13H2,1-2H3/t15-/m1/s1. The van der Waals surface area contributed by atoms with Crippen molar-refractivity contribution in [1.82, 2.24) is 15.0 Å². The molecule has 0 bridgehead atoms. The van der Waals surface area contributed by atoms with Crippen LogP contribution in [0.3, 0.4) is 0 Å². The second-order valence-electron chi connectivity index (χ2n) is 7.33. The zero-order valence-corrected chi connectivity index (χ0v) is 17.5. The Labute approximate surface area is 173 Å². The number of aryl methyl sites for hydroxylation is 1. The van der Waals surface area contributed by atoms with Gasteiger partial charge in [0, 0.05) is 32.3 Å². The summed E-state index contributed by atoms with van der Waals surface area (Å²) in [6.07, 6.45) is 4.49. The Morgan fingerprint density at radius 3 is 3.07 bits per heavy atom. The van der Waals surface area contributed by atoms with Crippen LogP contribution in [0.5, 0.6) is 5.75 Å². The Morgan fingerprint density at radius 1 is 1.34 bits per heavy atom. The van der Waals surface area contributed by atoms with Crippen LogP contribution in [-0.2, 0) is 11.3 Å². The number of rotatable bonds is 7. The molecular weight excluding hydrogens is 390 g/mol. The fourth-order valence-electron chi connectivity index (χ4n) is 3.42. The average molecular weight is 416 g/mol. The fraction of sp³-hybridized carbons (Fsp3) is 0.476. The fourth-order valence-corrected chi connectivity index (χ4v) is 4.23. The van der Waals surface area contributed by atoms with Crippen LogP contribution in [0.4, 0.5) is 0 Å². The van der Waals surface area contributed by atoms with Gasteiger partial charge in [-0.1, -0.05) is 5.16 Å². The zero-order chi connectivity index (χ0) is 20.2. The lowest BCUT2D eigenvalue weighted by atomic mass is 10.1. The Bertz CT molecular complexity index is 977. The van der Waals surface area contributed by atoms with Crippen molar-refractivity contribution in [2.75, 3.05) is 20.2 Å². The highest BCUT2D eigenvalue weighted by atomic mass is 32.1. The van der Waals surface area contributed by atoms with Crippen molar-refractivity contribution < 1.29 is 18.8 Å². The van der Waals surface area contributed by atoms with E-state index in [0.29, 0.717) is 23.7 Å². The molecule has 0 N–H and O–H groups in total. The van der Waals surface area contributed by atoms with Crippen LogP contribution < -0.4 is 4.74 Å². The van der Waals surface area contributed by atoms with Crippen molar-refractivity contribution in [3.05, 3.63) is 40.7 Å². The summed E-state index contributed by atoms with van der Waals surface area (Å²) in [7, 11) is 1.78. The number of hydrogen-bond acceptors (Lipinski definition) is 7. The first-order valence-corrected chi connectivity index (χ1v) is 10.7. The summed E-state index contributed by atoms with van der Waals surface area (Å²) in [5, 5.41) is 4.93. The minimum Gasteiger partial charge on any atom is -0.485 e. The van der Waals surface area contributed by atoms with Crippen LogP contribution in [0.2, 0.25) is 0 Å². The average Bonchev–Trinajstić information content (AvgIpc) is 3.36. The molecule has 3 heterocycles. The van der Waals surface area contributed by atoms with Crippen LogP contribution >= 0.6 is 11.3 Å². The number of ether oxygens (including phenoxy) is 2. The molecule has 3 aromatic rings. The SMILES string of the molecule is Cc1nc2cc(OCc3cc(C(=O)N(C)CC[C@H]4CCCCO4)no3)ccc2s1. The van der Waals surface area contributed by atoms with Crippen LogP contribution in [0.25, 0.3) is 10.2 Å². The Balaban J connectivity index is 1.30. The molecule has 1 aromatic carbocycles. The van der Waals surface area contributed by atoms with Gasteiger partial charge in [-0.15, -0.1) is 11.3 Å². The van der Waals surface area contributed by atoms with Gasteiger partial charge in [-0.05, 0) is 44.7 Å². The summed E-state index contributed by atoms with van der Waals surface area (Å²) < 4.78 is 17.9. The van der Waals surface area contributed by atoms with E-state index < -0.39 is 0 Å². The van der Waals surface area contributed by atoms with E-state index in [2.05, 4.69) is 10.1 Å². The third-order valence-corrected chi connectivity index (χ3v) is 5.98. The van der Waals surface area contributed by atoms with E-state index in [1.807, 2.05) is 25.1 Å². The van der Waals surface area contributed by atoms with E-state index >= 15 is 0 Å². The lowest BCUT2D eigenvalue weighted by Gasteiger charge is -2.24. The quantitative estimate of drug-likeness (QED) is 0.575. The topological polar surface area (TPSA) is 77.7 Å². The summed E-state index contributed by atoms with van der Waals surface area (Å²) in [4.78, 5) is 18.7. The lowest BCUT2D eigenvalue weighted by molar-refractivity contribution is 0.00703. The molecule has 0 saturated carbocycles. The summed E-state index contributed by atoms with van der Waals surface area (Å²) in [5.41, 5.74) is 1.21. The van der Waals surface area contributed by atoms with E-state index in [4.69, 9.17) is 14.0 Å². The molecule has 0 spiro atoms. The monoisotopic (exact) mass is 415 g/mol. The van der Waals surface area contributed by atoms with Gasteiger partial charge in [0.1, 0.15) is 12.4 Å². The van der Waals surface area contributed by atoms with Crippen LogP contribution in [0.1, 0.15) is 46.9 Å². The molecule has 29 heavy (non-hydrogen) atoms. The molecular formula is C21H25N3O4S. The molecule has 4 rings (SSSR count). The Hall–Kier alpha value is -2.45. The highest BCUT2D eigenvalue weighted by Gasteiger charge is 2.20. The molecule has 154 valence electrons. The number of benzene rings is 1. The van der Waals surface area contributed by atoms with E-state index in [9.17, 15) is 4.79 Å². The molecule has 0 aliphatic carbocycles. The second kappa shape index (κ2) is 8.92. The summed E-state index contributed by atoms with van der Waals surface area (Å²) in [5.74, 6) is 1.05. The van der Waals surface area contributed by atoms with E-state index in [0.717, 1.165) is 41.1 Å². The minimum absolute atomic E-state index is 0.157. The first-order valence-electron chi connectivity index (χ1n) is 9.91. The van der Waals surface area contributed by atoms with Crippen LogP contribution in [0, 0.1) is 6.92 Å². The molecule has 0 radical (unpaired) electrons. The van der Waals surface area contributed by atoms with Gasteiger partial charge in [0.15, 0.2) is 11.5 Å². The molecule has 7 nitrogen and oxygen atoms in total. The van der Waals surface area contributed by atoms with Crippen LogP contribution in [-0.4, -0.2) is 47.3 Å². The third-order valence-electron chi connectivity index (χ3n) is 5.03. The summed E-state index contributed by atoms with van der Waals surface area (Å²) in [6.45, 7) is 3.64. The number of aromatic nitrogens is 2. The van der Waals surface area contributed by atoms with Crippen molar-refractivity contribution in [2.24, 2.45) is 0 Å². The van der Waals surface area contributed by atoms with Crippen molar-refractivity contribution >= 4 is 27.5 Å². The number of nitrogens with zero attached hydrogens (tertiary/aromatic N) is 3. The predicted octanol–water partition coefficient (Wildman–Crippen LogP) is 4.20.